The number of carbonyl (C=O) groups excluding carboxylic acids is 2. The molecule has 0 aromatic heterocycles. The highest BCUT2D eigenvalue weighted by Gasteiger charge is 2.34. The van der Waals surface area contributed by atoms with E-state index < -0.39 is 0 Å². The summed E-state index contributed by atoms with van der Waals surface area (Å²) in [7, 11) is 0. The molecule has 3 aromatic carbocycles. The molecule has 3 aromatic rings. The molecule has 0 aliphatic carbocycles. The van der Waals surface area contributed by atoms with Crippen LogP contribution in [0.5, 0.6) is 11.5 Å². The van der Waals surface area contributed by atoms with Gasteiger partial charge in [0.15, 0.2) is 11.5 Å². The van der Waals surface area contributed by atoms with Gasteiger partial charge in [0.25, 0.3) is 0 Å². The van der Waals surface area contributed by atoms with E-state index in [4.69, 9.17) is 9.47 Å². The van der Waals surface area contributed by atoms with Crippen LogP contribution in [-0.4, -0.2) is 36.7 Å². The van der Waals surface area contributed by atoms with E-state index in [0.29, 0.717) is 38.3 Å². The zero-order chi connectivity index (χ0) is 24.9. The number of amides is 3. The number of rotatable bonds is 6. The second-order valence-corrected chi connectivity index (χ2v) is 9.50. The highest BCUT2D eigenvalue weighted by Crippen LogP contribution is 2.33. The van der Waals surface area contributed by atoms with Gasteiger partial charge < -0.3 is 25.0 Å². The largest absolute Gasteiger partial charge is 0.454 e. The molecular formula is C29H31N3O4. The summed E-state index contributed by atoms with van der Waals surface area (Å²) in [6.45, 7) is 4.08. The summed E-state index contributed by atoms with van der Waals surface area (Å²) < 4.78 is 10.8. The number of fused-ring (bicyclic) bond motifs is 1. The topological polar surface area (TPSA) is 79.9 Å². The Labute approximate surface area is 211 Å². The third-order valence-corrected chi connectivity index (χ3v) is 6.81. The first-order chi connectivity index (χ1) is 17.5. The summed E-state index contributed by atoms with van der Waals surface area (Å²) in [6, 6.07) is 23.7. The first kappa shape index (κ1) is 23.7. The molecule has 0 radical (unpaired) electrons. The molecule has 2 heterocycles. The molecule has 3 amide bonds. The zero-order valence-electron chi connectivity index (χ0n) is 20.4. The maximum absolute atomic E-state index is 13.3. The standard InChI is InChI=1S/C29H31N3O4/c1-20-6-5-9-23(12-20)24-14-25(18-32(17-24)29(34)31-15-21-7-3-2-4-8-21)28(33)30-16-22-10-11-26-27(13-22)36-19-35-26/h2-13,24-25H,14-19H2,1H3,(H,30,33)(H,31,34). The number of hydrogen-bond acceptors (Lipinski definition) is 4. The summed E-state index contributed by atoms with van der Waals surface area (Å²) in [4.78, 5) is 28.2. The molecule has 1 fully saturated rings. The van der Waals surface area contributed by atoms with Crippen LogP contribution >= 0.6 is 0 Å². The van der Waals surface area contributed by atoms with Crippen molar-refractivity contribution in [3.8, 4) is 11.5 Å². The van der Waals surface area contributed by atoms with E-state index >= 15 is 0 Å². The summed E-state index contributed by atoms with van der Waals surface area (Å²) in [5.74, 6) is 1.14. The first-order valence-electron chi connectivity index (χ1n) is 12.3. The molecule has 0 spiro atoms. The third-order valence-electron chi connectivity index (χ3n) is 6.81. The van der Waals surface area contributed by atoms with Crippen molar-refractivity contribution in [3.05, 3.63) is 95.1 Å². The number of likely N-dealkylation sites (tertiary alicyclic amines) is 1. The van der Waals surface area contributed by atoms with Crippen molar-refractivity contribution in [2.75, 3.05) is 19.9 Å². The molecule has 2 unspecified atom stereocenters. The number of urea groups is 1. The van der Waals surface area contributed by atoms with Crippen LogP contribution in [0.3, 0.4) is 0 Å². The second kappa shape index (κ2) is 10.7. The lowest BCUT2D eigenvalue weighted by molar-refractivity contribution is -0.126. The van der Waals surface area contributed by atoms with E-state index in [1.807, 2.05) is 54.6 Å². The number of aryl methyl sites for hydroxylation is 1. The Hall–Kier alpha value is -4.00. The normalized spacial score (nSPS) is 18.5. The average molecular weight is 486 g/mol. The van der Waals surface area contributed by atoms with Crippen LogP contribution in [0.15, 0.2) is 72.8 Å². The Morgan fingerprint density at radius 2 is 1.67 bits per heavy atom. The Morgan fingerprint density at radius 3 is 2.50 bits per heavy atom. The number of carbonyl (C=O) groups is 2. The predicted molar refractivity (Wildman–Crippen MR) is 137 cm³/mol. The van der Waals surface area contributed by atoms with Gasteiger partial charge in [0.2, 0.25) is 12.7 Å². The second-order valence-electron chi connectivity index (χ2n) is 9.50. The lowest BCUT2D eigenvalue weighted by Crippen LogP contribution is -2.50. The van der Waals surface area contributed by atoms with Crippen molar-refractivity contribution in [1.29, 1.82) is 0 Å². The number of hydrogen-bond donors (Lipinski definition) is 2. The number of nitrogens with one attached hydrogen (secondary N) is 2. The number of nitrogens with zero attached hydrogens (tertiary/aromatic N) is 1. The van der Waals surface area contributed by atoms with Gasteiger partial charge in [0, 0.05) is 32.1 Å². The van der Waals surface area contributed by atoms with E-state index in [2.05, 4.69) is 35.8 Å². The Kier molecular flexibility index (Phi) is 7.07. The molecule has 186 valence electrons. The first-order valence-corrected chi connectivity index (χ1v) is 12.3. The van der Waals surface area contributed by atoms with E-state index in [9.17, 15) is 9.59 Å². The van der Waals surface area contributed by atoms with Crippen molar-refractivity contribution in [1.82, 2.24) is 15.5 Å². The maximum atomic E-state index is 13.3. The molecule has 2 N–H and O–H groups in total. The summed E-state index contributed by atoms with van der Waals surface area (Å²) in [5.41, 5.74) is 4.30. The van der Waals surface area contributed by atoms with Gasteiger partial charge in [-0.25, -0.2) is 4.79 Å². The van der Waals surface area contributed by atoms with Crippen molar-refractivity contribution in [2.45, 2.75) is 32.4 Å². The van der Waals surface area contributed by atoms with E-state index in [1.54, 1.807) is 4.90 Å². The molecule has 0 saturated carbocycles. The van der Waals surface area contributed by atoms with Crippen LogP contribution in [0, 0.1) is 12.8 Å². The van der Waals surface area contributed by atoms with Crippen molar-refractivity contribution in [3.63, 3.8) is 0 Å². The van der Waals surface area contributed by atoms with Gasteiger partial charge in [0.05, 0.1) is 5.92 Å². The Balaban J connectivity index is 1.27. The highest BCUT2D eigenvalue weighted by atomic mass is 16.7. The van der Waals surface area contributed by atoms with Crippen LogP contribution in [0.4, 0.5) is 4.79 Å². The predicted octanol–water partition coefficient (Wildman–Crippen LogP) is 4.36. The quantitative estimate of drug-likeness (QED) is 0.544. The molecular weight excluding hydrogens is 454 g/mol. The minimum atomic E-state index is -0.305. The van der Waals surface area contributed by atoms with Gasteiger partial charge in [-0.2, -0.15) is 0 Å². The van der Waals surface area contributed by atoms with Gasteiger partial charge in [-0.05, 0) is 42.2 Å². The molecule has 1 saturated heterocycles. The fourth-order valence-electron chi connectivity index (χ4n) is 4.89. The Morgan fingerprint density at radius 1 is 0.861 bits per heavy atom. The molecule has 5 rings (SSSR count). The van der Waals surface area contributed by atoms with Crippen LogP contribution in [0.1, 0.15) is 34.6 Å². The van der Waals surface area contributed by atoms with Crippen molar-refractivity contribution >= 4 is 11.9 Å². The van der Waals surface area contributed by atoms with Crippen molar-refractivity contribution < 1.29 is 19.1 Å². The lowest BCUT2D eigenvalue weighted by Gasteiger charge is -2.37. The molecule has 7 heteroatoms. The molecule has 2 atom stereocenters. The fraction of sp³-hybridized carbons (Fsp3) is 0.310. The number of benzene rings is 3. The minimum absolute atomic E-state index is 0.0501. The highest BCUT2D eigenvalue weighted by molar-refractivity contribution is 5.81. The van der Waals surface area contributed by atoms with Gasteiger partial charge in [-0.15, -0.1) is 0 Å². The molecule has 7 nitrogen and oxygen atoms in total. The fourth-order valence-corrected chi connectivity index (χ4v) is 4.89. The molecule has 36 heavy (non-hydrogen) atoms. The van der Waals surface area contributed by atoms with Crippen molar-refractivity contribution in [2.24, 2.45) is 5.92 Å². The Bertz CT molecular complexity index is 1230. The lowest BCUT2D eigenvalue weighted by atomic mass is 9.83. The van der Waals surface area contributed by atoms with Crippen LogP contribution in [0.25, 0.3) is 0 Å². The molecule has 2 aliphatic heterocycles. The van der Waals surface area contributed by atoms with E-state index in [1.165, 1.54) is 5.56 Å². The minimum Gasteiger partial charge on any atom is -0.454 e. The van der Waals surface area contributed by atoms with E-state index in [0.717, 1.165) is 22.4 Å². The average Bonchev–Trinajstić information content (AvgIpc) is 3.39. The number of ether oxygens (including phenoxy) is 2. The summed E-state index contributed by atoms with van der Waals surface area (Å²) >= 11 is 0. The van der Waals surface area contributed by atoms with Gasteiger partial charge in [-0.1, -0.05) is 66.2 Å². The van der Waals surface area contributed by atoms with Gasteiger partial charge >= 0.3 is 6.03 Å². The van der Waals surface area contributed by atoms with Crippen LogP contribution < -0.4 is 20.1 Å². The van der Waals surface area contributed by atoms with Gasteiger partial charge in [0.1, 0.15) is 0 Å². The van der Waals surface area contributed by atoms with Crippen LogP contribution in [0.2, 0.25) is 0 Å². The van der Waals surface area contributed by atoms with E-state index in [-0.39, 0.29) is 30.6 Å². The maximum Gasteiger partial charge on any atom is 0.317 e. The summed E-state index contributed by atoms with van der Waals surface area (Å²) in [6.07, 6.45) is 0.693. The monoisotopic (exact) mass is 485 g/mol. The zero-order valence-corrected chi connectivity index (χ0v) is 20.4. The number of piperidine rings is 1. The molecule has 2 aliphatic rings. The third kappa shape index (κ3) is 5.62. The SMILES string of the molecule is Cc1cccc(C2CC(C(=O)NCc3ccc4c(c3)OCO4)CN(C(=O)NCc3ccccc3)C2)c1. The summed E-state index contributed by atoms with van der Waals surface area (Å²) in [5, 5.41) is 6.09. The smallest absolute Gasteiger partial charge is 0.317 e. The molecule has 0 bridgehead atoms. The van der Waals surface area contributed by atoms with Gasteiger partial charge in [-0.3, -0.25) is 4.79 Å². The van der Waals surface area contributed by atoms with Crippen LogP contribution in [-0.2, 0) is 17.9 Å².